The smallest absolute Gasteiger partial charge is 0.341 e. The van der Waals surface area contributed by atoms with Gasteiger partial charge in [-0.1, -0.05) is 22.9 Å². The van der Waals surface area contributed by atoms with Crippen LogP contribution in [0.1, 0.15) is 34.0 Å². The lowest BCUT2D eigenvalue weighted by Gasteiger charge is -2.14. The maximum atomic E-state index is 12.8. The molecule has 2 heterocycles. The van der Waals surface area contributed by atoms with Crippen molar-refractivity contribution in [1.82, 2.24) is 25.1 Å². The molecule has 0 spiro atoms. The van der Waals surface area contributed by atoms with Crippen LogP contribution in [0.3, 0.4) is 0 Å². The van der Waals surface area contributed by atoms with E-state index in [1.54, 1.807) is 6.92 Å². The van der Waals surface area contributed by atoms with E-state index in [-0.39, 0.29) is 16.4 Å². The van der Waals surface area contributed by atoms with Gasteiger partial charge in [0.25, 0.3) is 5.91 Å². The Hall–Kier alpha value is -2.95. The van der Waals surface area contributed by atoms with E-state index in [2.05, 4.69) is 20.4 Å². The summed E-state index contributed by atoms with van der Waals surface area (Å²) < 4.78 is 50.4. The van der Waals surface area contributed by atoms with Crippen LogP contribution in [0.25, 0.3) is 5.13 Å². The van der Waals surface area contributed by atoms with Crippen molar-refractivity contribution < 1.29 is 22.0 Å². The fourth-order valence-corrected chi connectivity index (χ4v) is 4.18. The molecule has 0 unspecified atom stereocenters. The molecule has 0 fully saturated rings. The number of rotatable bonds is 6. The van der Waals surface area contributed by atoms with Gasteiger partial charge in [0.15, 0.2) is 5.82 Å². The minimum absolute atomic E-state index is 0.190. The number of hydrogen-bond donors (Lipinski definition) is 1. The molecule has 1 N–H and O–H groups in total. The molecule has 9 nitrogen and oxygen atoms in total. The summed E-state index contributed by atoms with van der Waals surface area (Å²) in [5, 5.41) is 15.7. The number of nitrogens with zero attached hydrogens (tertiary/aromatic N) is 5. The van der Waals surface area contributed by atoms with Gasteiger partial charge in [-0.25, -0.2) is 18.4 Å². The van der Waals surface area contributed by atoms with E-state index >= 15 is 0 Å². The zero-order valence-electron chi connectivity index (χ0n) is 15.0. The Bertz CT molecular complexity index is 1250. The highest BCUT2D eigenvalue weighted by molar-refractivity contribution is 7.91. The fraction of sp³-hybridized carbons (Fsp3) is 0.188. The number of carbonyl (C=O) groups excluding carboxylic acids is 1. The van der Waals surface area contributed by atoms with Gasteiger partial charge in [0.05, 0.1) is 17.1 Å². The lowest BCUT2D eigenvalue weighted by Crippen LogP contribution is -2.29. The molecule has 0 aliphatic rings. The van der Waals surface area contributed by atoms with Crippen LogP contribution >= 0.6 is 22.9 Å². The summed E-state index contributed by atoms with van der Waals surface area (Å²) in [6.45, 7) is 1.58. The molecule has 1 amide bonds. The van der Waals surface area contributed by atoms with E-state index in [4.69, 9.17) is 16.9 Å². The van der Waals surface area contributed by atoms with Gasteiger partial charge in [0.1, 0.15) is 17.3 Å². The average Bonchev–Trinajstić information content (AvgIpc) is 3.36. The third kappa shape index (κ3) is 4.30. The predicted molar refractivity (Wildman–Crippen MR) is 102 cm³/mol. The molecule has 2 aromatic heterocycles. The van der Waals surface area contributed by atoms with Crippen molar-refractivity contribution in [1.29, 1.82) is 5.26 Å². The second-order valence-corrected chi connectivity index (χ2v) is 9.19. The number of aromatic nitrogens is 4. The van der Waals surface area contributed by atoms with Gasteiger partial charge < -0.3 is 5.32 Å². The number of alkyl halides is 2. The van der Waals surface area contributed by atoms with Crippen molar-refractivity contribution in [2.45, 2.75) is 23.6 Å². The molecule has 0 radical (unpaired) electrons. The molecule has 0 bridgehead atoms. The van der Waals surface area contributed by atoms with Crippen LogP contribution in [0, 0.1) is 11.3 Å². The van der Waals surface area contributed by atoms with Crippen molar-refractivity contribution in [2.75, 3.05) is 0 Å². The molecule has 3 rings (SSSR count). The van der Waals surface area contributed by atoms with E-state index in [1.165, 1.54) is 17.2 Å². The number of sulfone groups is 1. The summed E-state index contributed by atoms with van der Waals surface area (Å²) in [6, 6.07) is 4.03. The average molecular weight is 473 g/mol. The van der Waals surface area contributed by atoms with Gasteiger partial charge in [0.2, 0.25) is 15.0 Å². The number of nitrogens with one attached hydrogen (secondary N) is 1. The SMILES string of the molecule is C[C@H](NC(=O)c1cc(Cl)cc(S(=O)(=O)C(F)F)c1)c1ncnn1-c1ncc(C#N)s1. The highest BCUT2D eigenvalue weighted by Gasteiger charge is 2.28. The lowest BCUT2D eigenvalue weighted by molar-refractivity contribution is 0.0937. The van der Waals surface area contributed by atoms with Crippen molar-refractivity contribution >= 4 is 38.7 Å². The zero-order chi connectivity index (χ0) is 22.1. The highest BCUT2D eigenvalue weighted by atomic mass is 35.5. The Labute approximate surface area is 177 Å². The van der Waals surface area contributed by atoms with Crippen LogP contribution in [-0.4, -0.2) is 39.8 Å². The Morgan fingerprint density at radius 1 is 1.33 bits per heavy atom. The third-order valence-corrected chi connectivity index (χ3v) is 6.25. The maximum absolute atomic E-state index is 12.8. The molecule has 0 aliphatic heterocycles. The van der Waals surface area contributed by atoms with Gasteiger partial charge in [-0.3, -0.25) is 4.79 Å². The second kappa shape index (κ2) is 8.42. The van der Waals surface area contributed by atoms with Crippen molar-refractivity contribution in [3.63, 3.8) is 0 Å². The minimum Gasteiger partial charge on any atom is -0.342 e. The quantitative estimate of drug-likeness (QED) is 0.583. The molecule has 0 aliphatic carbocycles. The molecule has 14 heteroatoms. The molecule has 0 saturated carbocycles. The summed E-state index contributed by atoms with van der Waals surface area (Å²) in [4.78, 5) is 20.3. The second-order valence-electron chi connectivity index (χ2n) is 5.83. The largest absolute Gasteiger partial charge is 0.342 e. The third-order valence-electron chi connectivity index (χ3n) is 3.79. The number of amides is 1. The normalized spacial score (nSPS) is 12.5. The minimum atomic E-state index is -4.93. The van der Waals surface area contributed by atoms with E-state index in [0.29, 0.717) is 10.0 Å². The summed E-state index contributed by atoms with van der Waals surface area (Å²) in [5.74, 6) is -4.13. The predicted octanol–water partition coefficient (Wildman–Crippen LogP) is 2.74. The molecule has 1 atom stereocenters. The van der Waals surface area contributed by atoms with E-state index in [0.717, 1.165) is 29.5 Å². The molecule has 30 heavy (non-hydrogen) atoms. The van der Waals surface area contributed by atoms with Crippen molar-refractivity contribution in [3.05, 3.63) is 52.0 Å². The maximum Gasteiger partial charge on any atom is 0.341 e. The first-order valence-corrected chi connectivity index (χ1v) is 10.8. The molecular weight excluding hydrogens is 462 g/mol. The summed E-state index contributed by atoms with van der Waals surface area (Å²) in [5.41, 5.74) is -0.222. The molecule has 0 saturated heterocycles. The first-order chi connectivity index (χ1) is 14.1. The number of thiazole rings is 1. The van der Waals surface area contributed by atoms with Gasteiger partial charge in [-0.15, -0.1) is 0 Å². The van der Waals surface area contributed by atoms with Crippen LogP contribution < -0.4 is 5.32 Å². The number of carbonyl (C=O) groups is 1. The van der Waals surface area contributed by atoms with E-state index in [1.807, 2.05) is 6.07 Å². The summed E-state index contributed by atoms with van der Waals surface area (Å²) in [6.07, 6.45) is 2.60. The Kier molecular flexibility index (Phi) is 6.11. The number of benzene rings is 1. The topological polar surface area (TPSA) is 131 Å². The lowest BCUT2D eigenvalue weighted by atomic mass is 10.2. The molecule has 1 aromatic carbocycles. The number of hydrogen-bond acceptors (Lipinski definition) is 8. The van der Waals surface area contributed by atoms with Crippen LogP contribution in [0.2, 0.25) is 5.02 Å². The Morgan fingerprint density at radius 3 is 2.70 bits per heavy atom. The first-order valence-electron chi connectivity index (χ1n) is 8.03. The standard InChI is InChI=1S/C16H11ClF2N6O3S2/c1-8(13-22-7-23-25(13)16-21-6-11(5-20)29-16)24-14(26)9-2-10(17)4-12(3-9)30(27,28)15(18)19/h2-4,6-8,15H,1H3,(H,24,26)/t8-/m0/s1. The van der Waals surface area contributed by atoms with Crippen LogP contribution in [0.15, 0.2) is 35.6 Å². The highest BCUT2D eigenvalue weighted by Crippen LogP contribution is 2.25. The van der Waals surface area contributed by atoms with Gasteiger partial charge in [-0.2, -0.15) is 23.8 Å². The van der Waals surface area contributed by atoms with Crippen molar-refractivity contribution in [3.8, 4) is 11.2 Å². The summed E-state index contributed by atoms with van der Waals surface area (Å²) >= 11 is 6.88. The van der Waals surface area contributed by atoms with Gasteiger partial charge >= 0.3 is 5.76 Å². The fourth-order valence-electron chi connectivity index (χ4n) is 2.41. The number of halogens is 3. The monoisotopic (exact) mass is 472 g/mol. The zero-order valence-corrected chi connectivity index (χ0v) is 17.3. The van der Waals surface area contributed by atoms with E-state index < -0.39 is 32.4 Å². The molecule has 156 valence electrons. The van der Waals surface area contributed by atoms with E-state index in [9.17, 15) is 22.0 Å². The van der Waals surface area contributed by atoms with Crippen LogP contribution in [0.5, 0.6) is 0 Å². The Morgan fingerprint density at radius 2 is 2.07 bits per heavy atom. The van der Waals surface area contributed by atoms with Crippen LogP contribution in [0.4, 0.5) is 8.78 Å². The van der Waals surface area contributed by atoms with Crippen molar-refractivity contribution in [2.24, 2.45) is 0 Å². The summed E-state index contributed by atoms with van der Waals surface area (Å²) in [7, 11) is -4.93. The Balaban J connectivity index is 1.87. The van der Waals surface area contributed by atoms with Gasteiger partial charge in [0, 0.05) is 10.6 Å². The molecular formula is C16H11ClF2N6O3S2. The number of nitriles is 1. The molecule has 3 aromatic rings. The van der Waals surface area contributed by atoms with Crippen LogP contribution in [-0.2, 0) is 9.84 Å². The first kappa shape index (κ1) is 21.8. The van der Waals surface area contributed by atoms with Gasteiger partial charge in [-0.05, 0) is 25.1 Å².